The fourth-order valence-corrected chi connectivity index (χ4v) is 4.31. The monoisotopic (exact) mass is 373 g/mol. The number of thioether (sulfide) groups is 1. The second-order valence-corrected chi connectivity index (χ2v) is 7.68. The highest BCUT2D eigenvalue weighted by atomic mass is 32.2. The van der Waals surface area contributed by atoms with Gasteiger partial charge in [0.15, 0.2) is 4.34 Å². The van der Waals surface area contributed by atoms with Crippen molar-refractivity contribution in [1.29, 1.82) is 0 Å². The Kier molecular flexibility index (Phi) is 5.50. The number of thiazole rings is 1. The highest BCUT2D eigenvalue weighted by molar-refractivity contribution is 8.01. The van der Waals surface area contributed by atoms with Crippen LogP contribution in [0.1, 0.15) is 23.9 Å². The van der Waals surface area contributed by atoms with E-state index in [1.54, 1.807) is 17.6 Å². The molecule has 2 heterocycles. The lowest BCUT2D eigenvalue weighted by molar-refractivity contribution is -0.118. The number of para-hydroxylation sites is 1. The first-order valence-electron chi connectivity index (χ1n) is 7.92. The van der Waals surface area contributed by atoms with E-state index in [0.29, 0.717) is 0 Å². The van der Waals surface area contributed by atoms with Crippen LogP contribution in [-0.4, -0.2) is 32.6 Å². The molecule has 0 spiro atoms. The number of carbonyl (C=O) groups excluding carboxylic acids is 1. The smallest absolute Gasteiger partial charge is 0.250 e. The molecule has 3 aromatic rings. The van der Waals surface area contributed by atoms with Gasteiger partial charge in [0.05, 0.1) is 27.9 Å². The van der Waals surface area contributed by atoms with Gasteiger partial charge in [-0.25, -0.2) is 10.4 Å². The maximum Gasteiger partial charge on any atom is 0.250 e. The number of fused-ring (bicyclic) bond motifs is 1. The summed E-state index contributed by atoms with van der Waals surface area (Å²) in [4.78, 5) is 16.5. The van der Waals surface area contributed by atoms with Gasteiger partial charge in [0.25, 0.3) is 5.91 Å². The number of aromatic nitrogens is 3. The molecule has 0 aliphatic carbocycles. The molecule has 0 unspecified atom stereocenters. The van der Waals surface area contributed by atoms with E-state index in [1.165, 1.54) is 11.8 Å². The first-order chi connectivity index (χ1) is 12.1. The van der Waals surface area contributed by atoms with Crippen molar-refractivity contribution in [2.24, 2.45) is 5.10 Å². The lowest BCUT2D eigenvalue weighted by Crippen LogP contribution is -2.19. The summed E-state index contributed by atoms with van der Waals surface area (Å²) in [6, 6.07) is 7.95. The van der Waals surface area contributed by atoms with Crippen LogP contribution < -0.4 is 5.43 Å². The van der Waals surface area contributed by atoms with Crippen molar-refractivity contribution in [3.05, 3.63) is 41.2 Å². The molecule has 0 saturated carbocycles. The van der Waals surface area contributed by atoms with Gasteiger partial charge in [-0.15, -0.1) is 11.3 Å². The number of hydrogen-bond donors (Lipinski definition) is 1. The number of amides is 1. The third-order valence-electron chi connectivity index (χ3n) is 3.72. The van der Waals surface area contributed by atoms with Crippen molar-refractivity contribution in [2.45, 2.75) is 31.7 Å². The zero-order valence-electron chi connectivity index (χ0n) is 14.3. The Morgan fingerprint density at radius 2 is 2.20 bits per heavy atom. The molecule has 25 heavy (non-hydrogen) atoms. The zero-order valence-corrected chi connectivity index (χ0v) is 15.9. The van der Waals surface area contributed by atoms with Gasteiger partial charge in [-0.05, 0) is 32.9 Å². The normalized spacial score (nSPS) is 11.5. The number of carbonyl (C=O) groups is 1. The summed E-state index contributed by atoms with van der Waals surface area (Å²) in [6.45, 7) is 6.79. The van der Waals surface area contributed by atoms with Gasteiger partial charge in [-0.3, -0.25) is 9.48 Å². The van der Waals surface area contributed by atoms with Crippen LogP contribution >= 0.6 is 23.1 Å². The van der Waals surface area contributed by atoms with Gasteiger partial charge in [0, 0.05) is 17.8 Å². The number of aryl methyl sites for hydroxylation is 2. The lowest BCUT2D eigenvalue weighted by atomic mass is 10.2. The minimum atomic E-state index is -0.154. The van der Waals surface area contributed by atoms with Crippen molar-refractivity contribution in [3.63, 3.8) is 0 Å². The van der Waals surface area contributed by atoms with Crippen molar-refractivity contribution >= 4 is 45.4 Å². The van der Waals surface area contributed by atoms with Crippen LogP contribution in [0.25, 0.3) is 10.2 Å². The molecule has 1 amide bonds. The molecule has 0 aliphatic rings. The van der Waals surface area contributed by atoms with Crippen LogP contribution in [0.15, 0.2) is 33.7 Å². The molecule has 0 radical (unpaired) electrons. The summed E-state index contributed by atoms with van der Waals surface area (Å²) in [7, 11) is 0. The van der Waals surface area contributed by atoms with E-state index in [1.807, 2.05) is 49.7 Å². The molecule has 0 fully saturated rings. The summed E-state index contributed by atoms with van der Waals surface area (Å²) >= 11 is 3.01. The van der Waals surface area contributed by atoms with E-state index < -0.39 is 0 Å². The van der Waals surface area contributed by atoms with Crippen LogP contribution in [0.5, 0.6) is 0 Å². The molecular formula is C17H19N5OS2. The van der Waals surface area contributed by atoms with E-state index >= 15 is 0 Å². The molecule has 0 atom stereocenters. The standard InChI is InChI=1S/C17H19N5OS2/c1-4-22-12(3)13(11(2)21-22)9-18-20-16(23)10-24-17-19-14-7-5-6-8-15(14)25-17/h5-9H,4,10H2,1-3H3,(H,20,23). The molecule has 8 heteroatoms. The molecular weight excluding hydrogens is 354 g/mol. The van der Waals surface area contributed by atoms with E-state index in [9.17, 15) is 4.79 Å². The van der Waals surface area contributed by atoms with Crippen LogP contribution in [0.3, 0.4) is 0 Å². The molecule has 0 aliphatic heterocycles. The van der Waals surface area contributed by atoms with Gasteiger partial charge >= 0.3 is 0 Å². The number of rotatable bonds is 6. The fraction of sp³-hybridized carbons (Fsp3) is 0.294. The summed E-state index contributed by atoms with van der Waals surface area (Å²) in [5, 5.41) is 8.48. The largest absolute Gasteiger partial charge is 0.272 e. The van der Waals surface area contributed by atoms with Crippen LogP contribution in [-0.2, 0) is 11.3 Å². The van der Waals surface area contributed by atoms with Crippen LogP contribution in [0.4, 0.5) is 0 Å². The van der Waals surface area contributed by atoms with Gasteiger partial charge in [0.1, 0.15) is 0 Å². The molecule has 6 nitrogen and oxygen atoms in total. The Balaban J connectivity index is 1.55. The van der Waals surface area contributed by atoms with Gasteiger partial charge in [0.2, 0.25) is 0 Å². The quantitative estimate of drug-likeness (QED) is 0.408. The molecule has 1 aromatic carbocycles. The van der Waals surface area contributed by atoms with E-state index in [4.69, 9.17) is 0 Å². The Bertz CT molecular complexity index is 895. The zero-order chi connectivity index (χ0) is 17.8. The van der Waals surface area contributed by atoms with Crippen LogP contribution in [0, 0.1) is 13.8 Å². The fourth-order valence-electron chi connectivity index (χ4n) is 2.45. The van der Waals surface area contributed by atoms with E-state index in [0.717, 1.165) is 38.1 Å². The predicted molar refractivity (Wildman–Crippen MR) is 103 cm³/mol. The Labute approximate surface area is 154 Å². The topological polar surface area (TPSA) is 72.2 Å². The summed E-state index contributed by atoms with van der Waals surface area (Å²) in [5.74, 6) is 0.127. The summed E-state index contributed by atoms with van der Waals surface area (Å²) in [6.07, 6.45) is 1.66. The maximum absolute atomic E-state index is 12.0. The third-order valence-corrected chi connectivity index (χ3v) is 5.90. The number of hydrazone groups is 1. The predicted octanol–water partition coefficient (Wildman–Crippen LogP) is 3.37. The summed E-state index contributed by atoms with van der Waals surface area (Å²) in [5.41, 5.74) is 6.42. The number of nitrogens with zero attached hydrogens (tertiary/aromatic N) is 4. The number of benzene rings is 1. The Morgan fingerprint density at radius 1 is 1.40 bits per heavy atom. The maximum atomic E-state index is 12.0. The Hall–Kier alpha value is -2.19. The minimum absolute atomic E-state index is 0.154. The van der Waals surface area contributed by atoms with E-state index in [2.05, 4.69) is 20.6 Å². The third kappa shape index (κ3) is 4.08. The first kappa shape index (κ1) is 17.6. The first-order valence-corrected chi connectivity index (χ1v) is 9.73. The number of nitrogens with one attached hydrogen (secondary N) is 1. The SMILES string of the molecule is CCn1nc(C)c(C=NNC(=O)CSc2nc3ccccc3s2)c1C. The van der Waals surface area contributed by atoms with Crippen molar-refractivity contribution in [3.8, 4) is 0 Å². The molecule has 130 valence electrons. The molecule has 0 bridgehead atoms. The summed E-state index contributed by atoms with van der Waals surface area (Å²) < 4.78 is 3.93. The van der Waals surface area contributed by atoms with Gasteiger partial charge in [-0.2, -0.15) is 10.2 Å². The molecule has 1 N–H and O–H groups in total. The second kappa shape index (κ2) is 7.79. The van der Waals surface area contributed by atoms with Crippen molar-refractivity contribution in [2.75, 3.05) is 5.75 Å². The van der Waals surface area contributed by atoms with Crippen molar-refractivity contribution in [1.82, 2.24) is 20.2 Å². The van der Waals surface area contributed by atoms with Gasteiger partial charge in [-0.1, -0.05) is 23.9 Å². The van der Waals surface area contributed by atoms with Gasteiger partial charge < -0.3 is 0 Å². The molecule has 2 aromatic heterocycles. The Morgan fingerprint density at radius 3 is 2.92 bits per heavy atom. The number of hydrogen-bond acceptors (Lipinski definition) is 6. The average molecular weight is 374 g/mol. The van der Waals surface area contributed by atoms with Crippen molar-refractivity contribution < 1.29 is 4.79 Å². The minimum Gasteiger partial charge on any atom is -0.272 e. The lowest BCUT2D eigenvalue weighted by Gasteiger charge is -1.99. The molecule has 0 saturated heterocycles. The second-order valence-electron chi connectivity index (χ2n) is 5.43. The highest BCUT2D eigenvalue weighted by Gasteiger charge is 2.09. The molecule has 3 rings (SSSR count). The van der Waals surface area contributed by atoms with Crippen LogP contribution in [0.2, 0.25) is 0 Å². The average Bonchev–Trinajstić information content (AvgIpc) is 3.14. The van der Waals surface area contributed by atoms with E-state index in [-0.39, 0.29) is 11.7 Å². The highest BCUT2D eigenvalue weighted by Crippen LogP contribution is 2.28.